The minimum absolute atomic E-state index is 0.144. The van der Waals surface area contributed by atoms with Crippen LogP contribution in [0.15, 0.2) is 82.6 Å². The second-order valence-corrected chi connectivity index (χ2v) is 7.91. The predicted octanol–water partition coefficient (Wildman–Crippen LogP) is 3.99. The molecular weight excluding hydrogens is 411 g/mol. The van der Waals surface area contributed by atoms with Crippen molar-refractivity contribution < 1.29 is 23.5 Å². The summed E-state index contributed by atoms with van der Waals surface area (Å²) in [6, 6.07) is 20.0. The quantitative estimate of drug-likeness (QED) is 0.490. The highest BCUT2D eigenvalue weighted by molar-refractivity contribution is 6.01. The summed E-state index contributed by atoms with van der Waals surface area (Å²) in [6.45, 7) is 1.85. The van der Waals surface area contributed by atoms with E-state index in [1.54, 1.807) is 18.4 Å². The first-order chi connectivity index (χ1) is 15.7. The largest absolute Gasteiger partial charge is 0.467 e. The minimum atomic E-state index is -0.713. The number of oxime groups is 1. The molecule has 0 unspecified atom stereocenters. The van der Waals surface area contributed by atoms with E-state index in [1.807, 2.05) is 47.4 Å². The Morgan fingerprint density at radius 3 is 2.78 bits per heavy atom. The molecule has 1 N–H and O–H groups in total. The standard InChI is InChI=1S/C25H27FN2O4/c26-21-9-4-6-19(12-21)14-28(15-22(29)17-30-18-23-10-5-11-31-23)16-24-13-25(27-32-24)20-7-2-1-3-8-20/h1-12,22,24,29H,13-18H2/t22-,24+/m0/s1. The summed E-state index contributed by atoms with van der Waals surface area (Å²) in [6.07, 6.45) is 1.40. The Hall–Kier alpha value is -3.00. The normalized spacial score (nSPS) is 16.7. The van der Waals surface area contributed by atoms with Crippen molar-refractivity contribution in [3.05, 3.63) is 95.7 Å². The van der Waals surface area contributed by atoms with Gasteiger partial charge in [0, 0.05) is 26.1 Å². The monoisotopic (exact) mass is 438 g/mol. The molecule has 0 radical (unpaired) electrons. The van der Waals surface area contributed by atoms with Crippen molar-refractivity contribution in [2.24, 2.45) is 5.16 Å². The third-order valence-electron chi connectivity index (χ3n) is 5.20. The number of benzene rings is 2. The first-order valence-electron chi connectivity index (χ1n) is 10.7. The van der Waals surface area contributed by atoms with E-state index in [0.29, 0.717) is 38.4 Å². The number of rotatable bonds is 11. The summed E-state index contributed by atoms with van der Waals surface area (Å²) < 4.78 is 24.5. The fourth-order valence-electron chi connectivity index (χ4n) is 3.75. The van der Waals surface area contributed by atoms with Crippen LogP contribution in [0.1, 0.15) is 23.3 Å². The highest BCUT2D eigenvalue weighted by atomic mass is 19.1. The molecule has 0 saturated heterocycles. The predicted molar refractivity (Wildman–Crippen MR) is 119 cm³/mol. The zero-order valence-corrected chi connectivity index (χ0v) is 17.8. The highest BCUT2D eigenvalue weighted by Crippen LogP contribution is 2.19. The first-order valence-corrected chi connectivity index (χ1v) is 10.7. The molecule has 4 rings (SSSR count). The van der Waals surface area contributed by atoms with Gasteiger partial charge in [-0.3, -0.25) is 4.90 Å². The molecule has 168 valence electrons. The van der Waals surface area contributed by atoms with E-state index in [9.17, 15) is 9.50 Å². The molecule has 0 fully saturated rings. The molecule has 6 nitrogen and oxygen atoms in total. The van der Waals surface area contributed by atoms with E-state index >= 15 is 0 Å². The van der Waals surface area contributed by atoms with Gasteiger partial charge in [0.1, 0.15) is 24.3 Å². The van der Waals surface area contributed by atoms with Crippen LogP contribution in [-0.4, -0.2) is 47.6 Å². The number of halogens is 1. The molecule has 3 aromatic rings. The van der Waals surface area contributed by atoms with Crippen LogP contribution in [0.4, 0.5) is 4.39 Å². The number of hydrogen-bond acceptors (Lipinski definition) is 6. The number of nitrogens with zero attached hydrogens (tertiary/aromatic N) is 2. The van der Waals surface area contributed by atoms with Crippen molar-refractivity contribution in [1.29, 1.82) is 0 Å². The maximum Gasteiger partial charge on any atom is 0.145 e. The maximum atomic E-state index is 13.7. The summed E-state index contributed by atoms with van der Waals surface area (Å²) in [5, 5.41) is 14.8. The Morgan fingerprint density at radius 2 is 2.00 bits per heavy atom. The molecule has 0 aliphatic carbocycles. The van der Waals surface area contributed by atoms with Gasteiger partial charge in [-0.15, -0.1) is 0 Å². The summed E-state index contributed by atoms with van der Waals surface area (Å²) in [5.74, 6) is 0.426. The zero-order chi connectivity index (χ0) is 22.2. The van der Waals surface area contributed by atoms with Crippen LogP contribution < -0.4 is 0 Å². The van der Waals surface area contributed by atoms with Crippen molar-refractivity contribution in [1.82, 2.24) is 4.90 Å². The summed E-state index contributed by atoms with van der Waals surface area (Å²) >= 11 is 0. The smallest absolute Gasteiger partial charge is 0.145 e. The van der Waals surface area contributed by atoms with E-state index in [1.165, 1.54) is 12.1 Å². The lowest BCUT2D eigenvalue weighted by Crippen LogP contribution is -2.39. The lowest BCUT2D eigenvalue weighted by molar-refractivity contribution is -0.00957. The van der Waals surface area contributed by atoms with Gasteiger partial charge in [0.25, 0.3) is 0 Å². The van der Waals surface area contributed by atoms with E-state index in [4.69, 9.17) is 14.0 Å². The first kappa shape index (κ1) is 22.2. The summed E-state index contributed by atoms with van der Waals surface area (Å²) in [4.78, 5) is 7.72. The van der Waals surface area contributed by atoms with E-state index in [-0.39, 0.29) is 18.5 Å². The molecule has 0 amide bonds. The molecule has 0 bridgehead atoms. The Morgan fingerprint density at radius 1 is 1.12 bits per heavy atom. The van der Waals surface area contributed by atoms with Gasteiger partial charge in [-0.05, 0) is 35.4 Å². The van der Waals surface area contributed by atoms with Crippen molar-refractivity contribution in [3.63, 3.8) is 0 Å². The van der Waals surface area contributed by atoms with Crippen LogP contribution >= 0.6 is 0 Å². The van der Waals surface area contributed by atoms with Crippen molar-refractivity contribution in [3.8, 4) is 0 Å². The Balaban J connectivity index is 1.34. The molecule has 32 heavy (non-hydrogen) atoms. The topological polar surface area (TPSA) is 67.4 Å². The zero-order valence-electron chi connectivity index (χ0n) is 17.8. The third kappa shape index (κ3) is 6.50. The molecule has 0 spiro atoms. The van der Waals surface area contributed by atoms with Gasteiger partial charge in [-0.2, -0.15) is 0 Å². The molecule has 2 aromatic carbocycles. The SMILES string of the molecule is O[C@H](COCc1ccco1)CN(Cc1cccc(F)c1)C[C@H]1CC(c2ccccc2)=NO1. The molecule has 2 heterocycles. The average molecular weight is 438 g/mol. The Labute approximate surface area is 186 Å². The van der Waals surface area contributed by atoms with Gasteiger partial charge in [-0.25, -0.2) is 4.39 Å². The van der Waals surface area contributed by atoms with Gasteiger partial charge < -0.3 is 19.1 Å². The van der Waals surface area contributed by atoms with Crippen LogP contribution in [0.3, 0.4) is 0 Å². The Bertz CT molecular complexity index is 994. The van der Waals surface area contributed by atoms with Crippen LogP contribution in [0.5, 0.6) is 0 Å². The highest BCUT2D eigenvalue weighted by Gasteiger charge is 2.25. The number of aliphatic hydroxyl groups is 1. The van der Waals surface area contributed by atoms with Crippen molar-refractivity contribution in [2.45, 2.75) is 31.8 Å². The molecule has 1 aliphatic rings. The van der Waals surface area contributed by atoms with Crippen LogP contribution in [-0.2, 0) is 22.7 Å². The van der Waals surface area contributed by atoms with Gasteiger partial charge in [0.05, 0.1) is 24.7 Å². The number of aliphatic hydroxyl groups excluding tert-OH is 1. The second-order valence-electron chi connectivity index (χ2n) is 7.91. The van der Waals surface area contributed by atoms with Gasteiger partial charge in [0.15, 0.2) is 0 Å². The van der Waals surface area contributed by atoms with E-state index in [2.05, 4.69) is 5.16 Å². The molecular formula is C25H27FN2O4. The maximum absolute atomic E-state index is 13.7. The fourth-order valence-corrected chi connectivity index (χ4v) is 3.75. The van der Waals surface area contributed by atoms with Gasteiger partial charge in [-0.1, -0.05) is 47.6 Å². The van der Waals surface area contributed by atoms with Crippen LogP contribution in [0, 0.1) is 5.82 Å². The van der Waals surface area contributed by atoms with Gasteiger partial charge >= 0.3 is 0 Å². The van der Waals surface area contributed by atoms with Crippen LogP contribution in [0.25, 0.3) is 0 Å². The van der Waals surface area contributed by atoms with E-state index in [0.717, 1.165) is 16.8 Å². The second kappa shape index (κ2) is 11.0. The van der Waals surface area contributed by atoms with Crippen LogP contribution in [0.2, 0.25) is 0 Å². The summed E-state index contributed by atoms with van der Waals surface area (Å²) in [5.41, 5.74) is 2.78. The van der Waals surface area contributed by atoms with Crippen molar-refractivity contribution in [2.75, 3.05) is 19.7 Å². The molecule has 0 saturated carbocycles. The van der Waals surface area contributed by atoms with E-state index < -0.39 is 6.10 Å². The molecule has 1 aliphatic heterocycles. The minimum Gasteiger partial charge on any atom is -0.467 e. The van der Waals surface area contributed by atoms with Crippen molar-refractivity contribution >= 4 is 5.71 Å². The fraction of sp³-hybridized carbons (Fsp3) is 0.320. The average Bonchev–Trinajstić information content (AvgIpc) is 3.47. The Kier molecular flexibility index (Phi) is 7.66. The summed E-state index contributed by atoms with van der Waals surface area (Å²) in [7, 11) is 0. The molecule has 2 atom stereocenters. The third-order valence-corrected chi connectivity index (χ3v) is 5.20. The lowest BCUT2D eigenvalue weighted by atomic mass is 10.0. The molecule has 1 aromatic heterocycles. The van der Waals surface area contributed by atoms with Gasteiger partial charge in [0.2, 0.25) is 0 Å². The lowest BCUT2D eigenvalue weighted by Gasteiger charge is -2.27. The number of ether oxygens (including phenoxy) is 1. The number of furan rings is 1. The number of hydrogen-bond donors (Lipinski definition) is 1. The molecule has 7 heteroatoms.